The van der Waals surface area contributed by atoms with E-state index in [1.807, 2.05) is 25.2 Å². The highest BCUT2D eigenvalue weighted by Gasteiger charge is 2.41. The lowest BCUT2D eigenvalue weighted by molar-refractivity contribution is 0.0641. The van der Waals surface area contributed by atoms with Crippen LogP contribution in [0.3, 0.4) is 0 Å². The molecule has 0 aliphatic carbocycles. The quantitative estimate of drug-likeness (QED) is 0.481. The second-order valence-electron chi connectivity index (χ2n) is 12.5. The Balaban J connectivity index is 1.51. The maximum Gasteiger partial charge on any atom is 0.141 e. The molecule has 0 amide bonds. The molecule has 39 heavy (non-hydrogen) atoms. The summed E-state index contributed by atoms with van der Waals surface area (Å²) in [4.78, 5) is 18.4. The number of hydrogen-bond donors (Lipinski definition) is 1. The van der Waals surface area contributed by atoms with Gasteiger partial charge in [-0.05, 0) is 82.9 Å². The fraction of sp³-hybridized carbons (Fsp3) is 0.677. The molecule has 2 unspecified atom stereocenters. The number of aliphatic hydroxyl groups excluding tert-OH is 1. The molecule has 4 rings (SSSR count). The third-order valence-corrected chi connectivity index (χ3v) is 8.03. The highest BCUT2D eigenvalue weighted by atomic mass is 19.1. The van der Waals surface area contributed by atoms with E-state index < -0.39 is 5.67 Å². The van der Waals surface area contributed by atoms with Crippen molar-refractivity contribution in [1.82, 2.24) is 19.8 Å². The average Bonchev–Trinajstić information content (AvgIpc) is 2.87. The van der Waals surface area contributed by atoms with Crippen LogP contribution in [-0.4, -0.2) is 97.1 Å². The van der Waals surface area contributed by atoms with E-state index in [1.54, 1.807) is 0 Å². The minimum Gasteiger partial charge on any atom is -0.391 e. The second-order valence-corrected chi connectivity index (χ2v) is 12.5. The molecule has 2 fully saturated rings. The predicted molar refractivity (Wildman–Crippen MR) is 158 cm³/mol. The van der Waals surface area contributed by atoms with Crippen molar-refractivity contribution in [3.05, 3.63) is 47.5 Å². The number of aromatic nitrogens is 2. The van der Waals surface area contributed by atoms with E-state index >= 15 is 4.39 Å². The summed E-state index contributed by atoms with van der Waals surface area (Å²) in [7, 11) is 6.02. The average molecular weight is 541 g/mol. The van der Waals surface area contributed by atoms with Gasteiger partial charge in [-0.1, -0.05) is 20.8 Å². The van der Waals surface area contributed by atoms with Crippen molar-refractivity contribution in [2.24, 2.45) is 5.92 Å². The maximum absolute atomic E-state index is 16.4. The number of nitrogens with zero attached hydrogens (tertiary/aromatic N) is 6. The normalized spacial score (nSPS) is 24.3. The van der Waals surface area contributed by atoms with Crippen LogP contribution in [0.1, 0.15) is 63.0 Å². The molecule has 2 saturated heterocycles. The smallest absolute Gasteiger partial charge is 0.141 e. The Hall–Kier alpha value is -2.29. The summed E-state index contributed by atoms with van der Waals surface area (Å²) in [5, 5.41) is 10.3. The summed E-state index contributed by atoms with van der Waals surface area (Å²) in [6, 6.07) is 8.46. The second kappa shape index (κ2) is 12.9. The first-order valence-corrected chi connectivity index (χ1v) is 14.7. The summed E-state index contributed by atoms with van der Waals surface area (Å²) >= 11 is 0. The SMILES string of the molecule is CCc1ccc(N2CCCC(O)C2)c(CN(C)CC2CN(c3ccc(C(C)C)nc3)C[C@](F)(CN(C)C)C2)n1. The number of aliphatic hydroxyl groups is 1. The molecule has 1 N–H and O–H groups in total. The molecular weight excluding hydrogens is 491 g/mol. The first-order chi connectivity index (χ1) is 18.5. The standard InChI is InChI=1S/C31H49FN6O/c1-7-25-10-13-30(37-14-8-9-27(39)19-37)29(34-25)20-36(6)17-24-15-31(32,21-35(4)5)22-38(18-24)26-11-12-28(23(2)3)33-16-26/h10-13,16,23-24,27,39H,7-9,14-15,17-22H2,1-6H3/t24?,27?,31-/m1/s1. The molecule has 2 aromatic heterocycles. The van der Waals surface area contributed by atoms with E-state index in [4.69, 9.17) is 4.98 Å². The first kappa shape index (κ1) is 29.7. The molecule has 8 heteroatoms. The molecule has 2 aromatic rings. The topological polar surface area (TPSA) is 59.0 Å². The largest absolute Gasteiger partial charge is 0.391 e. The molecule has 4 heterocycles. The van der Waals surface area contributed by atoms with Crippen molar-refractivity contribution in [2.45, 2.75) is 70.7 Å². The van der Waals surface area contributed by atoms with Crippen LogP contribution in [0, 0.1) is 5.92 Å². The lowest BCUT2D eigenvalue weighted by atomic mass is 9.85. The predicted octanol–water partition coefficient (Wildman–Crippen LogP) is 4.35. The molecule has 2 aliphatic rings. The van der Waals surface area contributed by atoms with Crippen LogP contribution in [0.5, 0.6) is 0 Å². The van der Waals surface area contributed by atoms with Crippen LogP contribution >= 0.6 is 0 Å². The van der Waals surface area contributed by atoms with Crippen LogP contribution in [-0.2, 0) is 13.0 Å². The zero-order chi connectivity index (χ0) is 28.2. The van der Waals surface area contributed by atoms with Gasteiger partial charge >= 0.3 is 0 Å². The third kappa shape index (κ3) is 7.89. The van der Waals surface area contributed by atoms with Gasteiger partial charge < -0.3 is 24.7 Å². The Morgan fingerprint density at radius 3 is 2.56 bits per heavy atom. The Labute approximate surface area is 235 Å². The van der Waals surface area contributed by atoms with Crippen molar-refractivity contribution in [2.75, 3.05) is 70.2 Å². The number of rotatable bonds is 10. The lowest BCUT2D eigenvalue weighted by Crippen LogP contribution is -2.55. The summed E-state index contributed by atoms with van der Waals surface area (Å²) in [5.41, 5.74) is 4.01. The van der Waals surface area contributed by atoms with Gasteiger partial charge in [0.2, 0.25) is 0 Å². The summed E-state index contributed by atoms with van der Waals surface area (Å²) in [5.74, 6) is 0.543. The summed E-state index contributed by atoms with van der Waals surface area (Å²) in [6.45, 7) is 11.1. The van der Waals surface area contributed by atoms with Crippen LogP contribution in [0.2, 0.25) is 0 Å². The van der Waals surface area contributed by atoms with E-state index in [0.29, 0.717) is 38.5 Å². The molecule has 2 aliphatic heterocycles. The zero-order valence-electron chi connectivity index (χ0n) is 24.9. The van der Waals surface area contributed by atoms with Crippen molar-refractivity contribution >= 4 is 11.4 Å². The van der Waals surface area contributed by atoms with Crippen molar-refractivity contribution in [3.8, 4) is 0 Å². The highest BCUT2D eigenvalue weighted by molar-refractivity contribution is 5.52. The Morgan fingerprint density at radius 1 is 1.13 bits per heavy atom. The van der Waals surface area contributed by atoms with Gasteiger partial charge in [0.15, 0.2) is 0 Å². The van der Waals surface area contributed by atoms with Gasteiger partial charge in [0, 0.05) is 50.7 Å². The molecule has 7 nitrogen and oxygen atoms in total. The molecule has 216 valence electrons. The fourth-order valence-electron chi connectivity index (χ4n) is 6.37. The lowest BCUT2D eigenvalue weighted by Gasteiger charge is -2.44. The minimum absolute atomic E-state index is 0.174. The van der Waals surface area contributed by atoms with Crippen molar-refractivity contribution < 1.29 is 9.50 Å². The number of β-amino-alcohol motifs (C(OH)–C–C–N with tert-alkyl or cyclic N) is 1. The van der Waals surface area contributed by atoms with Gasteiger partial charge in [-0.25, -0.2) is 4.39 Å². The monoisotopic (exact) mass is 540 g/mol. The minimum atomic E-state index is -1.29. The van der Waals surface area contributed by atoms with Gasteiger partial charge in [-0.3, -0.25) is 9.97 Å². The number of pyridine rings is 2. The van der Waals surface area contributed by atoms with Crippen molar-refractivity contribution in [3.63, 3.8) is 0 Å². The van der Waals surface area contributed by atoms with Crippen LogP contribution in [0.4, 0.5) is 15.8 Å². The van der Waals surface area contributed by atoms with E-state index in [-0.39, 0.29) is 12.0 Å². The van der Waals surface area contributed by atoms with Crippen LogP contribution in [0.25, 0.3) is 0 Å². The molecule has 3 atom stereocenters. The number of hydrogen-bond acceptors (Lipinski definition) is 7. The van der Waals surface area contributed by atoms with Crippen LogP contribution in [0.15, 0.2) is 30.5 Å². The molecule has 0 aromatic carbocycles. The third-order valence-electron chi connectivity index (χ3n) is 8.03. The molecular formula is C31H49FN6O. The number of halogens is 1. The zero-order valence-corrected chi connectivity index (χ0v) is 24.9. The van der Waals surface area contributed by atoms with Gasteiger partial charge in [-0.15, -0.1) is 0 Å². The first-order valence-electron chi connectivity index (χ1n) is 14.7. The van der Waals surface area contributed by atoms with Gasteiger partial charge in [0.05, 0.1) is 35.9 Å². The number of anilines is 2. The van der Waals surface area contributed by atoms with Gasteiger partial charge in [0.1, 0.15) is 5.67 Å². The molecule has 0 bridgehead atoms. The van der Waals surface area contributed by atoms with E-state index in [2.05, 4.69) is 71.8 Å². The van der Waals surface area contributed by atoms with Gasteiger partial charge in [0.25, 0.3) is 0 Å². The maximum atomic E-state index is 16.4. The van der Waals surface area contributed by atoms with Crippen molar-refractivity contribution in [1.29, 1.82) is 0 Å². The Kier molecular flexibility index (Phi) is 9.83. The van der Waals surface area contributed by atoms with Crippen LogP contribution < -0.4 is 9.80 Å². The number of piperidine rings is 2. The summed E-state index contributed by atoms with van der Waals surface area (Å²) in [6.07, 6.45) is 4.89. The van der Waals surface area contributed by atoms with E-state index in [1.165, 1.54) is 0 Å². The Morgan fingerprint density at radius 2 is 1.92 bits per heavy atom. The number of aryl methyl sites for hydroxylation is 1. The molecule has 0 spiro atoms. The van der Waals surface area contributed by atoms with Gasteiger partial charge in [-0.2, -0.15) is 0 Å². The fourth-order valence-corrected chi connectivity index (χ4v) is 6.37. The highest BCUT2D eigenvalue weighted by Crippen LogP contribution is 2.34. The van der Waals surface area contributed by atoms with E-state index in [9.17, 15) is 5.11 Å². The van der Waals surface area contributed by atoms with E-state index in [0.717, 1.165) is 67.4 Å². The molecule has 0 radical (unpaired) electrons. The summed E-state index contributed by atoms with van der Waals surface area (Å²) < 4.78 is 16.4. The molecule has 0 saturated carbocycles. The Bertz CT molecular complexity index is 1060. The number of alkyl halides is 1.